The second-order valence-electron chi connectivity index (χ2n) is 6.18. The maximum absolute atomic E-state index is 11.2. The average Bonchev–Trinajstić information content (AvgIpc) is 2.67. The van der Waals surface area contributed by atoms with Crippen molar-refractivity contribution in [1.82, 2.24) is 0 Å². The van der Waals surface area contributed by atoms with E-state index in [1.54, 1.807) is 0 Å². The van der Waals surface area contributed by atoms with Crippen molar-refractivity contribution in [3.8, 4) is 0 Å². The predicted octanol–water partition coefficient (Wildman–Crippen LogP) is -8.83. The van der Waals surface area contributed by atoms with Crippen LogP contribution in [0.25, 0.3) is 0 Å². The van der Waals surface area contributed by atoms with Gasteiger partial charge in [-0.3, -0.25) is 0 Å². The second kappa shape index (κ2) is 13.6. The molecule has 0 heterocycles. The molecule has 9 nitrogen and oxygen atoms in total. The van der Waals surface area contributed by atoms with E-state index in [2.05, 4.69) is 0 Å². The molecule has 0 spiro atoms. The Morgan fingerprint density at radius 1 is 0.412 bits per heavy atom. The molecule has 16 heteroatoms. The average molecular weight is 568 g/mol. The van der Waals surface area contributed by atoms with Crippen molar-refractivity contribution in [2.75, 3.05) is 0 Å². The molecule has 0 fully saturated rings. The van der Waals surface area contributed by atoms with Crippen LogP contribution in [0.3, 0.4) is 0 Å². The van der Waals surface area contributed by atoms with Crippen molar-refractivity contribution >= 4 is 54.2 Å². The van der Waals surface area contributed by atoms with Gasteiger partial charge in [-0.1, -0.05) is 36.4 Å². The van der Waals surface area contributed by atoms with Crippen LogP contribution in [0.4, 0.5) is 0 Å². The molecule has 0 aliphatic rings. The second-order valence-corrected chi connectivity index (χ2v) is 12.5. The first-order valence-corrected chi connectivity index (χ1v) is 13.8. The molecule has 3 aromatic rings. The number of rotatable bonds is 6. The Bertz CT molecular complexity index is 1250. The fourth-order valence-electron chi connectivity index (χ4n) is 2.73. The monoisotopic (exact) mass is 568 g/mol. The van der Waals surface area contributed by atoms with Crippen molar-refractivity contribution in [3.63, 3.8) is 0 Å². The van der Waals surface area contributed by atoms with Crippen molar-refractivity contribution in [2.24, 2.45) is 0 Å². The van der Waals surface area contributed by atoms with Crippen molar-refractivity contribution in [1.29, 1.82) is 0 Å². The summed E-state index contributed by atoms with van der Waals surface area (Å²) in [4.78, 5) is -1.31. The van der Waals surface area contributed by atoms with E-state index in [1.165, 1.54) is 36.4 Å². The number of hydrogen-bond acceptors (Lipinski definition) is 9. The molecule has 0 aromatic heterocycles. The molecule has 3 rings (SSSR count). The molecular weight excluding hydrogens is 556 g/mol. The summed E-state index contributed by atoms with van der Waals surface area (Å²) in [6.07, 6.45) is 0. The molecule has 34 heavy (non-hydrogen) atoms. The molecule has 0 aliphatic heterocycles. The summed E-state index contributed by atoms with van der Waals surface area (Å²) in [5.41, 5.74) is 0. The van der Waals surface area contributed by atoms with Crippen LogP contribution in [0.2, 0.25) is 0 Å². The minimum absolute atomic E-state index is 0. The van der Waals surface area contributed by atoms with Gasteiger partial charge in [0, 0.05) is 0 Å². The Labute approximate surface area is 265 Å². The predicted molar refractivity (Wildman–Crippen MR) is 109 cm³/mol. The molecule has 0 radical (unpaired) electrons. The van der Waals surface area contributed by atoms with E-state index in [9.17, 15) is 38.9 Å². The molecule has 0 aliphatic carbocycles. The van der Waals surface area contributed by atoms with Crippen LogP contribution in [0.15, 0.2) is 87.5 Å². The molecule has 0 unspecified atom stereocenters. The number of hydrogen-bond donors (Lipinski definition) is 0. The van der Waals surface area contributed by atoms with Gasteiger partial charge in [0.25, 0.3) is 0 Å². The van der Waals surface area contributed by atoms with Gasteiger partial charge in [-0.15, -0.1) is 0 Å². The van der Waals surface area contributed by atoms with Gasteiger partial charge in [-0.25, -0.2) is 25.3 Å². The van der Waals surface area contributed by atoms with Gasteiger partial charge in [0.05, 0.1) is 14.7 Å². The third kappa shape index (κ3) is 8.98. The minimum atomic E-state index is -4.66. The third-order valence-electron chi connectivity index (χ3n) is 4.15. The van der Waals surface area contributed by atoms with Gasteiger partial charge in [0.2, 0.25) is 0 Å². The van der Waals surface area contributed by atoms with Crippen molar-refractivity contribution < 1.29 is 128 Å². The van der Waals surface area contributed by atoms with Crippen LogP contribution < -0.4 is 105 Å². The molecule has 0 saturated carbocycles. The van der Waals surface area contributed by atoms with Crippen LogP contribution in [0.5, 0.6) is 0 Å². The van der Waals surface area contributed by atoms with Crippen LogP contribution in [-0.4, -0.2) is 38.9 Å². The van der Waals surface area contributed by atoms with E-state index >= 15 is 0 Å². The van der Waals surface area contributed by atoms with E-state index in [0.717, 1.165) is 36.4 Å². The quantitative estimate of drug-likeness (QED) is 0.159. The topological polar surface area (TPSA) is 172 Å². The summed E-state index contributed by atoms with van der Waals surface area (Å²) >= 11 is 0. The standard InChI is InChI=1S/C18H15O9PS3.3Na/c19-29(20,21)16-7-1-13(2-8-16)28(14-3-9-17(10-4-14)30(22,23)24)15-5-11-18(12-6-15)31(25,26)27;;;/h1-12H,(H,19,20,21)(H,22,23,24)(H,25,26,27);;;/q;3*+1/p-3. The summed E-state index contributed by atoms with van der Waals surface area (Å²) in [7, 11) is -15.5. The summed E-state index contributed by atoms with van der Waals surface area (Å²) in [6.45, 7) is 0. The van der Waals surface area contributed by atoms with Crippen LogP contribution in [0.1, 0.15) is 0 Å². The third-order valence-corrected chi connectivity index (χ3v) is 9.14. The van der Waals surface area contributed by atoms with Gasteiger partial charge in [0.15, 0.2) is 0 Å². The Hall–Kier alpha value is 0.820. The normalized spacial score (nSPS) is 11.6. The largest absolute Gasteiger partial charge is 1.00 e. The zero-order valence-corrected chi connectivity index (χ0v) is 27.6. The van der Waals surface area contributed by atoms with Gasteiger partial charge >= 0.3 is 88.7 Å². The fraction of sp³-hybridized carbons (Fsp3) is 0. The summed E-state index contributed by atoms with van der Waals surface area (Å²) in [6, 6.07) is 15.2. The zero-order chi connectivity index (χ0) is 23.0. The van der Waals surface area contributed by atoms with Crippen molar-refractivity contribution in [2.45, 2.75) is 14.7 Å². The summed E-state index contributed by atoms with van der Waals surface area (Å²) in [5, 5.41) is 1.66. The van der Waals surface area contributed by atoms with E-state index < -0.39 is 53.0 Å². The summed E-state index contributed by atoms with van der Waals surface area (Å²) in [5.74, 6) is 0. The van der Waals surface area contributed by atoms with E-state index in [-0.39, 0.29) is 88.7 Å². The van der Waals surface area contributed by atoms with E-state index in [0.29, 0.717) is 15.9 Å². The molecule has 0 saturated heterocycles. The Morgan fingerprint density at radius 2 is 0.588 bits per heavy atom. The Morgan fingerprint density at radius 3 is 0.735 bits per heavy atom. The first-order valence-electron chi connectivity index (χ1n) is 8.25. The Balaban J connectivity index is 0.00000363. The van der Waals surface area contributed by atoms with Gasteiger partial charge in [-0.2, -0.15) is 0 Å². The van der Waals surface area contributed by atoms with Crippen LogP contribution in [-0.2, 0) is 30.4 Å². The molecular formula is C18H12Na3O9PS3. The number of benzene rings is 3. The van der Waals surface area contributed by atoms with Crippen LogP contribution in [0, 0.1) is 0 Å². The van der Waals surface area contributed by atoms with Crippen LogP contribution >= 0.6 is 7.92 Å². The van der Waals surface area contributed by atoms with E-state index in [4.69, 9.17) is 0 Å². The molecule has 0 N–H and O–H groups in total. The molecule has 0 amide bonds. The molecule has 3 aromatic carbocycles. The van der Waals surface area contributed by atoms with Gasteiger partial charge in [-0.05, 0) is 60.2 Å². The van der Waals surface area contributed by atoms with Gasteiger partial charge < -0.3 is 13.7 Å². The first kappa shape index (κ1) is 34.8. The van der Waals surface area contributed by atoms with E-state index in [1.807, 2.05) is 0 Å². The Kier molecular flexibility index (Phi) is 13.9. The van der Waals surface area contributed by atoms with Gasteiger partial charge in [0.1, 0.15) is 30.4 Å². The fourth-order valence-corrected chi connectivity index (χ4v) is 6.38. The molecule has 164 valence electrons. The zero-order valence-electron chi connectivity index (χ0n) is 18.3. The molecule has 0 bridgehead atoms. The first-order chi connectivity index (χ1) is 14.3. The smallest absolute Gasteiger partial charge is 0.744 e. The maximum Gasteiger partial charge on any atom is 1.00 e. The van der Waals surface area contributed by atoms with Crippen molar-refractivity contribution in [3.05, 3.63) is 72.8 Å². The minimum Gasteiger partial charge on any atom is -0.744 e. The maximum atomic E-state index is 11.2. The molecule has 0 atom stereocenters. The summed E-state index contributed by atoms with van der Waals surface area (Å²) < 4.78 is 101. The SMILES string of the molecule is O=S(=O)([O-])c1ccc(P(c2ccc(S(=O)(=O)[O-])cc2)c2ccc(S(=O)(=O)[O-])cc2)cc1.[Na+].[Na+].[Na+].